The van der Waals surface area contributed by atoms with Crippen LogP contribution >= 0.6 is 0 Å². The highest BCUT2D eigenvalue weighted by molar-refractivity contribution is 5.12. The lowest BCUT2D eigenvalue weighted by Crippen LogP contribution is -2.24. The Morgan fingerprint density at radius 3 is 2.53 bits per heavy atom. The summed E-state index contributed by atoms with van der Waals surface area (Å²) < 4.78 is 4.20. The van der Waals surface area contributed by atoms with E-state index in [9.17, 15) is 0 Å². The quantitative estimate of drug-likeness (QED) is 0.847. The summed E-state index contributed by atoms with van der Waals surface area (Å²) in [7, 11) is 3.93. The molecule has 0 bridgehead atoms. The second-order valence-corrected chi connectivity index (χ2v) is 4.10. The highest BCUT2D eigenvalue weighted by Gasteiger charge is 2.20. The zero-order valence-corrected chi connectivity index (χ0v) is 10.6. The molecule has 0 aliphatic heterocycles. The van der Waals surface area contributed by atoms with Gasteiger partial charge in [0.2, 0.25) is 0 Å². The molecule has 2 rings (SSSR count). The fourth-order valence-corrected chi connectivity index (χ4v) is 2.04. The smallest absolute Gasteiger partial charge is 0.133 e. The van der Waals surface area contributed by atoms with Crippen LogP contribution in [0.15, 0.2) is 24.8 Å². The molecule has 2 heterocycles. The van der Waals surface area contributed by atoms with E-state index in [4.69, 9.17) is 0 Å². The van der Waals surface area contributed by atoms with Gasteiger partial charge in [0.15, 0.2) is 0 Å². The Hall–Kier alpha value is -1.62. The first-order valence-electron chi connectivity index (χ1n) is 5.93. The minimum atomic E-state index is 0.0385. The van der Waals surface area contributed by atoms with Crippen LogP contribution in [0.25, 0.3) is 0 Å². The topological polar surface area (TPSA) is 47.7 Å². The second kappa shape index (κ2) is 5.14. The fourth-order valence-electron chi connectivity index (χ4n) is 2.04. The average molecular weight is 233 g/mol. The molecule has 0 fully saturated rings. The van der Waals surface area contributed by atoms with Gasteiger partial charge in [0.05, 0.1) is 0 Å². The van der Waals surface area contributed by atoms with Crippen molar-refractivity contribution >= 4 is 0 Å². The van der Waals surface area contributed by atoms with Gasteiger partial charge in [-0.2, -0.15) is 0 Å². The van der Waals surface area contributed by atoms with Crippen LogP contribution < -0.4 is 5.32 Å². The molecule has 92 valence electrons. The summed E-state index contributed by atoms with van der Waals surface area (Å²) in [5.41, 5.74) is 0. The summed E-state index contributed by atoms with van der Waals surface area (Å²) in [6, 6.07) is 0.0385. The molecule has 0 radical (unpaired) electrons. The van der Waals surface area contributed by atoms with Crippen LogP contribution in [-0.4, -0.2) is 26.1 Å². The van der Waals surface area contributed by atoms with Crippen molar-refractivity contribution in [2.45, 2.75) is 25.9 Å². The lowest BCUT2D eigenvalue weighted by Gasteiger charge is -2.17. The Labute approximate surface area is 102 Å². The SMILES string of the molecule is CCCn1ccnc1C(NC)c1nccn1C. The van der Waals surface area contributed by atoms with E-state index < -0.39 is 0 Å². The standard InChI is InChI=1S/C12H19N5/c1-4-7-17-9-6-15-12(17)10(13-2)11-14-5-8-16(11)3/h5-6,8-10,13H,4,7H2,1-3H3. The van der Waals surface area contributed by atoms with Gasteiger partial charge < -0.3 is 14.5 Å². The highest BCUT2D eigenvalue weighted by Crippen LogP contribution is 2.18. The number of hydrogen-bond donors (Lipinski definition) is 1. The minimum absolute atomic E-state index is 0.0385. The maximum atomic E-state index is 4.45. The fraction of sp³-hybridized carbons (Fsp3) is 0.500. The molecule has 0 saturated heterocycles. The van der Waals surface area contributed by atoms with Gasteiger partial charge >= 0.3 is 0 Å². The van der Waals surface area contributed by atoms with Crippen molar-refractivity contribution in [3.8, 4) is 0 Å². The molecule has 5 nitrogen and oxygen atoms in total. The number of aryl methyl sites for hydroxylation is 2. The molecule has 1 unspecified atom stereocenters. The first-order chi connectivity index (χ1) is 8.27. The molecule has 5 heteroatoms. The Bertz CT molecular complexity index is 471. The molecule has 1 atom stereocenters. The molecule has 2 aromatic heterocycles. The van der Waals surface area contributed by atoms with Crippen LogP contribution in [-0.2, 0) is 13.6 Å². The van der Waals surface area contributed by atoms with E-state index in [-0.39, 0.29) is 6.04 Å². The predicted octanol–water partition coefficient (Wildman–Crippen LogP) is 1.34. The Morgan fingerprint density at radius 2 is 1.94 bits per heavy atom. The van der Waals surface area contributed by atoms with Crippen LogP contribution in [0.5, 0.6) is 0 Å². The third-order valence-corrected chi connectivity index (χ3v) is 2.88. The summed E-state index contributed by atoms with van der Waals surface area (Å²) >= 11 is 0. The molecular formula is C12H19N5. The zero-order chi connectivity index (χ0) is 12.3. The Kier molecular flexibility index (Phi) is 3.58. The van der Waals surface area contributed by atoms with Crippen molar-refractivity contribution in [1.82, 2.24) is 24.4 Å². The van der Waals surface area contributed by atoms with E-state index >= 15 is 0 Å². The van der Waals surface area contributed by atoms with Gasteiger partial charge in [0.1, 0.15) is 17.7 Å². The van der Waals surface area contributed by atoms with Gasteiger partial charge in [0, 0.05) is 38.4 Å². The largest absolute Gasteiger partial charge is 0.336 e. The van der Waals surface area contributed by atoms with E-state index in [1.165, 1.54) is 0 Å². The third-order valence-electron chi connectivity index (χ3n) is 2.88. The molecule has 0 aliphatic rings. The number of nitrogens with zero attached hydrogens (tertiary/aromatic N) is 4. The van der Waals surface area contributed by atoms with Crippen molar-refractivity contribution in [1.29, 1.82) is 0 Å². The number of imidazole rings is 2. The van der Waals surface area contributed by atoms with Crippen LogP contribution in [0, 0.1) is 0 Å². The van der Waals surface area contributed by atoms with E-state index in [1.54, 1.807) is 0 Å². The van der Waals surface area contributed by atoms with Gasteiger partial charge in [0.25, 0.3) is 0 Å². The van der Waals surface area contributed by atoms with Crippen LogP contribution in [0.1, 0.15) is 31.0 Å². The van der Waals surface area contributed by atoms with E-state index in [1.807, 2.05) is 43.4 Å². The maximum Gasteiger partial charge on any atom is 0.133 e. The van der Waals surface area contributed by atoms with Crippen molar-refractivity contribution in [3.05, 3.63) is 36.4 Å². The first-order valence-corrected chi connectivity index (χ1v) is 5.93. The van der Waals surface area contributed by atoms with Crippen LogP contribution in [0.3, 0.4) is 0 Å². The van der Waals surface area contributed by atoms with E-state index in [2.05, 4.69) is 26.8 Å². The Morgan fingerprint density at radius 1 is 1.24 bits per heavy atom. The highest BCUT2D eigenvalue weighted by atomic mass is 15.2. The summed E-state index contributed by atoms with van der Waals surface area (Å²) in [6.07, 6.45) is 8.73. The molecule has 0 spiro atoms. The molecule has 1 N–H and O–H groups in total. The predicted molar refractivity (Wildman–Crippen MR) is 66.6 cm³/mol. The minimum Gasteiger partial charge on any atom is -0.336 e. The molecule has 0 aliphatic carbocycles. The van der Waals surface area contributed by atoms with Crippen LogP contribution in [0.2, 0.25) is 0 Å². The van der Waals surface area contributed by atoms with Gasteiger partial charge in [-0.05, 0) is 13.5 Å². The van der Waals surface area contributed by atoms with Gasteiger partial charge in [-0.1, -0.05) is 6.92 Å². The average Bonchev–Trinajstić information content (AvgIpc) is 2.92. The Balaban J connectivity index is 2.35. The summed E-state index contributed by atoms with van der Waals surface area (Å²) in [4.78, 5) is 8.84. The van der Waals surface area contributed by atoms with Crippen molar-refractivity contribution in [3.63, 3.8) is 0 Å². The van der Waals surface area contributed by atoms with Crippen LogP contribution in [0.4, 0.5) is 0 Å². The van der Waals surface area contributed by atoms with E-state index in [0.717, 1.165) is 24.6 Å². The number of nitrogens with one attached hydrogen (secondary N) is 1. The number of hydrogen-bond acceptors (Lipinski definition) is 3. The molecular weight excluding hydrogens is 214 g/mol. The first kappa shape index (κ1) is 11.9. The monoisotopic (exact) mass is 233 g/mol. The normalized spacial score (nSPS) is 12.9. The van der Waals surface area contributed by atoms with Gasteiger partial charge in [-0.15, -0.1) is 0 Å². The zero-order valence-electron chi connectivity index (χ0n) is 10.6. The van der Waals surface area contributed by atoms with Crippen molar-refractivity contribution in [2.75, 3.05) is 7.05 Å². The van der Waals surface area contributed by atoms with Gasteiger partial charge in [-0.25, -0.2) is 9.97 Å². The lowest BCUT2D eigenvalue weighted by atomic mass is 10.2. The summed E-state index contributed by atoms with van der Waals surface area (Å²) in [6.45, 7) is 3.15. The lowest BCUT2D eigenvalue weighted by molar-refractivity contribution is 0.536. The maximum absolute atomic E-state index is 4.45. The molecule has 0 amide bonds. The van der Waals surface area contributed by atoms with Crippen molar-refractivity contribution < 1.29 is 0 Å². The van der Waals surface area contributed by atoms with E-state index in [0.29, 0.717) is 0 Å². The van der Waals surface area contributed by atoms with Crippen molar-refractivity contribution in [2.24, 2.45) is 7.05 Å². The summed E-state index contributed by atoms with van der Waals surface area (Å²) in [5.74, 6) is 2.00. The number of aromatic nitrogens is 4. The molecule has 17 heavy (non-hydrogen) atoms. The number of rotatable bonds is 5. The molecule has 2 aromatic rings. The third kappa shape index (κ3) is 2.24. The molecule has 0 aromatic carbocycles. The summed E-state index contributed by atoms with van der Waals surface area (Å²) in [5, 5.41) is 3.28. The molecule has 0 saturated carbocycles. The van der Waals surface area contributed by atoms with Gasteiger partial charge in [-0.3, -0.25) is 0 Å². The second-order valence-electron chi connectivity index (χ2n) is 4.10.